The maximum atomic E-state index is 13.8. The first-order valence-corrected chi connectivity index (χ1v) is 7.23. The summed E-state index contributed by atoms with van der Waals surface area (Å²) in [5.41, 5.74) is 6.45. The lowest BCUT2D eigenvalue weighted by molar-refractivity contribution is 0.367. The molecule has 4 nitrogen and oxygen atoms in total. The Kier molecular flexibility index (Phi) is 4.34. The fourth-order valence-corrected chi connectivity index (χ4v) is 3.53. The number of hydrogen-bond donors (Lipinski definition) is 1. The second-order valence-electron chi connectivity index (χ2n) is 4.44. The van der Waals surface area contributed by atoms with Gasteiger partial charge in [0.15, 0.2) is 0 Å². The van der Waals surface area contributed by atoms with Crippen molar-refractivity contribution in [2.24, 2.45) is 0 Å². The van der Waals surface area contributed by atoms with Crippen molar-refractivity contribution >= 4 is 15.7 Å². The predicted molar refractivity (Wildman–Crippen MR) is 70.3 cm³/mol. The summed E-state index contributed by atoms with van der Waals surface area (Å²) in [5.74, 6) is -0.763. The number of sulfonamides is 1. The van der Waals surface area contributed by atoms with Crippen LogP contribution < -0.4 is 5.73 Å². The Morgan fingerprint density at radius 2 is 1.94 bits per heavy atom. The highest BCUT2D eigenvalue weighted by Gasteiger charge is 2.28. The molecule has 18 heavy (non-hydrogen) atoms. The van der Waals surface area contributed by atoms with Gasteiger partial charge in [-0.1, -0.05) is 6.92 Å². The minimum atomic E-state index is -3.84. The Hall–Kier alpha value is -1.14. The molecule has 0 heterocycles. The van der Waals surface area contributed by atoms with E-state index < -0.39 is 15.8 Å². The quantitative estimate of drug-likeness (QED) is 0.856. The van der Waals surface area contributed by atoms with Gasteiger partial charge in [-0.2, -0.15) is 4.31 Å². The summed E-state index contributed by atoms with van der Waals surface area (Å²) >= 11 is 0. The number of anilines is 1. The number of hydrogen-bond acceptors (Lipinski definition) is 3. The van der Waals surface area contributed by atoms with Crippen LogP contribution in [0.4, 0.5) is 10.1 Å². The summed E-state index contributed by atoms with van der Waals surface area (Å²) in [7, 11) is -3.84. The van der Waals surface area contributed by atoms with E-state index in [0.717, 1.165) is 6.07 Å². The van der Waals surface area contributed by atoms with Crippen LogP contribution in [-0.4, -0.2) is 25.3 Å². The Bertz CT molecular complexity index is 541. The highest BCUT2D eigenvalue weighted by molar-refractivity contribution is 7.89. The highest BCUT2D eigenvalue weighted by atomic mass is 32.2. The standard InChI is InChI=1S/C12H19FN2O2S/c1-5-15(8(2)3)18(16,17)12-7-11(14)9(4)6-10(12)13/h6-8H,5,14H2,1-4H3. The molecule has 0 aromatic heterocycles. The van der Waals surface area contributed by atoms with Crippen LogP contribution in [0.25, 0.3) is 0 Å². The zero-order valence-electron chi connectivity index (χ0n) is 11.1. The summed E-state index contributed by atoms with van der Waals surface area (Å²) in [4.78, 5) is -0.360. The zero-order chi connectivity index (χ0) is 14.1. The molecule has 2 N–H and O–H groups in total. The Labute approximate surface area is 108 Å². The van der Waals surface area contributed by atoms with Crippen LogP contribution in [0.15, 0.2) is 17.0 Å². The van der Waals surface area contributed by atoms with E-state index >= 15 is 0 Å². The smallest absolute Gasteiger partial charge is 0.246 e. The summed E-state index contributed by atoms with van der Waals surface area (Å²) in [6.45, 7) is 7.13. The molecule has 0 unspecified atom stereocenters. The van der Waals surface area contributed by atoms with Gasteiger partial charge in [0.1, 0.15) is 10.7 Å². The van der Waals surface area contributed by atoms with Gasteiger partial charge in [0, 0.05) is 18.3 Å². The molecule has 0 amide bonds. The minimum Gasteiger partial charge on any atom is -0.398 e. The SMILES string of the molecule is CCN(C(C)C)S(=O)(=O)c1cc(N)c(C)cc1F. The maximum absolute atomic E-state index is 13.8. The molecular formula is C12H19FN2O2S. The van der Waals surface area contributed by atoms with Crippen molar-refractivity contribution in [2.75, 3.05) is 12.3 Å². The van der Waals surface area contributed by atoms with Crippen molar-refractivity contribution in [3.05, 3.63) is 23.5 Å². The molecule has 0 aliphatic carbocycles. The van der Waals surface area contributed by atoms with Crippen molar-refractivity contribution in [3.8, 4) is 0 Å². The van der Waals surface area contributed by atoms with Gasteiger partial charge in [0.05, 0.1) is 0 Å². The second-order valence-corrected chi connectivity index (χ2v) is 6.30. The number of halogens is 1. The molecule has 1 aromatic rings. The van der Waals surface area contributed by atoms with E-state index in [1.807, 2.05) is 0 Å². The topological polar surface area (TPSA) is 63.4 Å². The zero-order valence-corrected chi connectivity index (χ0v) is 11.9. The highest BCUT2D eigenvalue weighted by Crippen LogP contribution is 2.25. The van der Waals surface area contributed by atoms with Crippen LogP contribution >= 0.6 is 0 Å². The van der Waals surface area contributed by atoms with E-state index in [2.05, 4.69) is 0 Å². The van der Waals surface area contributed by atoms with Gasteiger partial charge < -0.3 is 5.73 Å². The van der Waals surface area contributed by atoms with Crippen molar-refractivity contribution in [2.45, 2.75) is 38.6 Å². The van der Waals surface area contributed by atoms with Gasteiger partial charge in [0.25, 0.3) is 0 Å². The van der Waals surface area contributed by atoms with Gasteiger partial charge >= 0.3 is 0 Å². The summed E-state index contributed by atoms with van der Waals surface area (Å²) < 4.78 is 39.7. The van der Waals surface area contributed by atoms with E-state index in [1.165, 1.54) is 10.4 Å². The molecule has 0 aliphatic rings. The molecule has 0 atom stereocenters. The number of nitrogens with zero attached hydrogens (tertiary/aromatic N) is 1. The Morgan fingerprint density at radius 1 is 1.39 bits per heavy atom. The van der Waals surface area contributed by atoms with E-state index in [1.54, 1.807) is 27.7 Å². The largest absolute Gasteiger partial charge is 0.398 e. The Morgan fingerprint density at radius 3 is 2.39 bits per heavy atom. The lowest BCUT2D eigenvalue weighted by Gasteiger charge is -2.24. The van der Waals surface area contributed by atoms with E-state index in [0.29, 0.717) is 5.56 Å². The monoisotopic (exact) mass is 274 g/mol. The number of nitrogens with two attached hydrogens (primary N) is 1. The minimum absolute atomic E-state index is 0.234. The molecule has 0 saturated carbocycles. The Balaban J connectivity index is 3.41. The van der Waals surface area contributed by atoms with Crippen LogP contribution in [0.1, 0.15) is 26.3 Å². The van der Waals surface area contributed by atoms with Crippen molar-refractivity contribution in [1.82, 2.24) is 4.31 Å². The maximum Gasteiger partial charge on any atom is 0.246 e. The molecule has 0 spiro atoms. The van der Waals surface area contributed by atoms with E-state index in [9.17, 15) is 12.8 Å². The van der Waals surface area contributed by atoms with Gasteiger partial charge in [0.2, 0.25) is 10.0 Å². The molecule has 0 bridgehead atoms. The first-order chi connectivity index (χ1) is 8.21. The molecule has 0 saturated heterocycles. The molecule has 0 fully saturated rings. The third-order valence-electron chi connectivity index (χ3n) is 2.79. The average Bonchev–Trinajstić information content (AvgIpc) is 2.23. The molecule has 1 rings (SSSR count). The van der Waals surface area contributed by atoms with Crippen LogP contribution in [-0.2, 0) is 10.0 Å². The summed E-state index contributed by atoms with van der Waals surface area (Å²) in [6, 6.07) is 2.10. The van der Waals surface area contributed by atoms with Crippen molar-refractivity contribution < 1.29 is 12.8 Å². The fourth-order valence-electron chi connectivity index (χ4n) is 1.81. The molecule has 0 radical (unpaired) electrons. The molecule has 6 heteroatoms. The normalized spacial score (nSPS) is 12.4. The molecule has 102 valence electrons. The van der Waals surface area contributed by atoms with Crippen molar-refractivity contribution in [3.63, 3.8) is 0 Å². The van der Waals surface area contributed by atoms with Crippen LogP contribution in [0.3, 0.4) is 0 Å². The lowest BCUT2D eigenvalue weighted by Crippen LogP contribution is -2.37. The average molecular weight is 274 g/mol. The van der Waals surface area contributed by atoms with Crippen LogP contribution in [0.2, 0.25) is 0 Å². The molecule has 1 aromatic carbocycles. The fraction of sp³-hybridized carbons (Fsp3) is 0.500. The third-order valence-corrected chi connectivity index (χ3v) is 4.96. The predicted octanol–water partition coefficient (Wildman–Crippen LogP) is 2.14. The summed E-state index contributed by atoms with van der Waals surface area (Å²) in [6.07, 6.45) is 0. The number of aryl methyl sites for hydroxylation is 1. The second kappa shape index (κ2) is 5.24. The number of rotatable bonds is 4. The van der Waals surface area contributed by atoms with Gasteiger partial charge in [-0.15, -0.1) is 0 Å². The van der Waals surface area contributed by atoms with Crippen LogP contribution in [0, 0.1) is 12.7 Å². The first kappa shape index (κ1) is 14.9. The van der Waals surface area contributed by atoms with Gasteiger partial charge in [-0.25, -0.2) is 12.8 Å². The number of benzene rings is 1. The van der Waals surface area contributed by atoms with E-state index in [4.69, 9.17) is 5.73 Å². The molecular weight excluding hydrogens is 255 g/mol. The van der Waals surface area contributed by atoms with Crippen molar-refractivity contribution in [1.29, 1.82) is 0 Å². The number of nitrogen functional groups attached to an aromatic ring is 1. The first-order valence-electron chi connectivity index (χ1n) is 5.79. The summed E-state index contributed by atoms with van der Waals surface area (Å²) in [5, 5.41) is 0. The lowest BCUT2D eigenvalue weighted by atomic mass is 10.2. The molecule has 0 aliphatic heterocycles. The third kappa shape index (κ3) is 2.64. The van der Waals surface area contributed by atoms with Gasteiger partial charge in [-0.3, -0.25) is 0 Å². The van der Waals surface area contributed by atoms with Gasteiger partial charge in [-0.05, 0) is 38.5 Å². The van der Waals surface area contributed by atoms with E-state index in [-0.39, 0.29) is 23.2 Å². The van der Waals surface area contributed by atoms with Crippen LogP contribution in [0.5, 0.6) is 0 Å².